The van der Waals surface area contributed by atoms with Crippen molar-refractivity contribution in [2.45, 2.75) is 46.6 Å². The first-order chi connectivity index (χ1) is 9.43. The van der Waals surface area contributed by atoms with E-state index in [-0.39, 0.29) is 17.5 Å². The van der Waals surface area contributed by atoms with E-state index < -0.39 is 0 Å². The molecule has 1 heterocycles. The predicted molar refractivity (Wildman–Crippen MR) is 80.1 cm³/mol. The third kappa shape index (κ3) is 1.87. The molecule has 3 heteroatoms. The topological polar surface area (TPSA) is 17.8 Å². The minimum atomic E-state index is -0.339. The molecule has 2 nitrogen and oxygen atoms in total. The van der Waals surface area contributed by atoms with E-state index in [2.05, 4.69) is 32.7 Å². The van der Waals surface area contributed by atoms with Crippen LogP contribution in [-0.2, 0) is 0 Å². The summed E-state index contributed by atoms with van der Waals surface area (Å²) in [5, 5.41) is 0. The van der Waals surface area contributed by atoms with Gasteiger partial charge >= 0.3 is 0 Å². The summed E-state index contributed by atoms with van der Waals surface area (Å²) in [6.07, 6.45) is 1.86. The number of aromatic nitrogens is 2. The molecule has 0 aliphatic heterocycles. The van der Waals surface area contributed by atoms with Gasteiger partial charge in [-0.1, -0.05) is 39.8 Å². The van der Waals surface area contributed by atoms with Gasteiger partial charge in [0.2, 0.25) is 0 Å². The van der Waals surface area contributed by atoms with Crippen LogP contribution in [0.1, 0.15) is 46.6 Å². The van der Waals surface area contributed by atoms with Crippen LogP contribution in [0, 0.1) is 23.3 Å². The van der Waals surface area contributed by atoms with Crippen molar-refractivity contribution in [3.8, 4) is 0 Å². The van der Waals surface area contributed by atoms with Crippen molar-refractivity contribution in [2.75, 3.05) is 0 Å². The molecule has 3 rings (SSSR count). The van der Waals surface area contributed by atoms with Gasteiger partial charge in [-0.05, 0) is 42.2 Å². The molecule has 0 spiro atoms. The lowest BCUT2D eigenvalue weighted by atomic mass is 9.73. The number of nitrogens with zero attached hydrogens (tertiary/aromatic N) is 2. The zero-order valence-electron chi connectivity index (χ0n) is 12.7. The van der Waals surface area contributed by atoms with Gasteiger partial charge in [-0.15, -0.1) is 0 Å². The summed E-state index contributed by atoms with van der Waals surface area (Å²) in [6.45, 7) is 9.11. The summed E-state index contributed by atoms with van der Waals surface area (Å²) in [5.74, 6) is 1.26. The molecule has 20 heavy (non-hydrogen) atoms. The lowest BCUT2D eigenvalue weighted by Crippen LogP contribution is -2.30. The second-order valence-corrected chi connectivity index (χ2v) is 7.00. The van der Waals surface area contributed by atoms with Gasteiger partial charge < -0.3 is 0 Å². The number of para-hydroxylation sites is 2. The maximum absolute atomic E-state index is 14.4. The molecule has 0 radical (unpaired) electrons. The van der Waals surface area contributed by atoms with Crippen LogP contribution in [0.5, 0.6) is 0 Å². The molecule has 108 valence electrons. The van der Waals surface area contributed by atoms with Crippen molar-refractivity contribution in [3.05, 3.63) is 30.3 Å². The maximum Gasteiger partial charge on any atom is 0.290 e. The Hall–Kier alpha value is -1.38. The molecule has 1 saturated carbocycles. The molecule has 1 aromatic heterocycles. The fraction of sp³-hybridized carbons (Fsp3) is 0.588. The molecule has 2 unspecified atom stereocenters. The fourth-order valence-electron chi connectivity index (χ4n) is 4.29. The van der Waals surface area contributed by atoms with E-state index in [1.54, 1.807) is 0 Å². The average Bonchev–Trinajstić information content (AvgIpc) is 2.84. The molecule has 1 aromatic carbocycles. The molecule has 0 amide bonds. The third-order valence-corrected chi connectivity index (χ3v) is 5.23. The summed E-state index contributed by atoms with van der Waals surface area (Å²) in [7, 11) is 0. The summed E-state index contributed by atoms with van der Waals surface area (Å²) in [6, 6.07) is 7.93. The number of rotatable bonds is 2. The van der Waals surface area contributed by atoms with Crippen molar-refractivity contribution in [3.63, 3.8) is 0 Å². The zero-order valence-corrected chi connectivity index (χ0v) is 12.7. The lowest BCUT2D eigenvalue weighted by molar-refractivity contribution is 0.143. The standard InChI is InChI=1S/C17H23FN2/c1-11(2)12-9-10-15(17(12,3)4)20-14-8-6-5-7-13(14)19-16(20)18/h5-8,11-12,15H,9-10H2,1-4H3. The molecule has 2 atom stereocenters. The minimum absolute atomic E-state index is 0.0957. The van der Waals surface area contributed by atoms with Crippen molar-refractivity contribution in [1.82, 2.24) is 9.55 Å². The number of hydrogen-bond donors (Lipinski definition) is 0. The first kappa shape index (κ1) is 13.6. The molecule has 2 aromatic rings. The molecule has 1 aliphatic carbocycles. The second kappa shape index (κ2) is 4.57. The summed E-state index contributed by atoms with van der Waals surface area (Å²) >= 11 is 0. The van der Waals surface area contributed by atoms with E-state index in [0.29, 0.717) is 11.8 Å². The molecule has 1 aliphatic rings. The summed E-state index contributed by atoms with van der Waals surface area (Å²) < 4.78 is 16.2. The average molecular weight is 274 g/mol. The van der Waals surface area contributed by atoms with E-state index in [4.69, 9.17) is 0 Å². The first-order valence-electron chi connectivity index (χ1n) is 7.55. The van der Waals surface area contributed by atoms with Crippen LogP contribution in [-0.4, -0.2) is 9.55 Å². The van der Waals surface area contributed by atoms with Crippen LogP contribution in [0.25, 0.3) is 11.0 Å². The smallest absolute Gasteiger partial charge is 0.290 e. The number of halogens is 1. The molecular weight excluding hydrogens is 251 g/mol. The van der Waals surface area contributed by atoms with Crippen LogP contribution in [0.3, 0.4) is 0 Å². The van der Waals surface area contributed by atoms with Gasteiger partial charge in [0.05, 0.1) is 11.0 Å². The van der Waals surface area contributed by atoms with Crippen LogP contribution >= 0.6 is 0 Å². The van der Waals surface area contributed by atoms with E-state index >= 15 is 0 Å². The highest BCUT2D eigenvalue weighted by Crippen LogP contribution is 2.53. The lowest BCUT2D eigenvalue weighted by Gasteiger charge is -2.36. The van der Waals surface area contributed by atoms with Gasteiger partial charge in [-0.25, -0.2) is 4.98 Å². The van der Waals surface area contributed by atoms with E-state index in [1.165, 1.54) is 6.42 Å². The summed E-state index contributed by atoms with van der Waals surface area (Å²) in [4.78, 5) is 4.09. The van der Waals surface area contributed by atoms with Crippen LogP contribution in [0.4, 0.5) is 4.39 Å². The highest BCUT2D eigenvalue weighted by Gasteiger charge is 2.46. The van der Waals surface area contributed by atoms with Crippen LogP contribution < -0.4 is 0 Å². The van der Waals surface area contributed by atoms with E-state index in [0.717, 1.165) is 17.5 Å². The van der Waals surface area contributed by atoms with Gasteiger partial charge in [-0.2, -0.15) is 4.39 Å². The second-order valence-electron chi connectivity index (χ2n) is 7.00. The van der Waals surface area contributed by atoms with Crippen molar-refractivity contribution >= 4 is 11.0 Å². The Labute approximate surface area is 120 Å². The highest BCUT2D eigenvalue weighted by molar-refractivity contribution is 5.75. The van der Waals surface area contributed by atoms with Crippen molar-refractivity contribution < 1.29 is 4.39 Å². The van der Waals surface area contributed by atoms with Gasteiger partial charge in [-0.3, -0.25) is 4.57 Å². The Kier molecular flexibility index (Phi) is 3.11. The largest absolute Gasteiger partial charge is 0.297 e. The number of imidazole rings is 1. The Morgan fingerprint density at radius 1 is 1.25 bits per heavy atom. The predicted octanol–water partition coefficient (Wildman–Crippen LogP) is 4.81. The van der Waals surface area contributed by atoms with Crippen molar-refractivity contribution in [2.24, 2.45) is 17.3 Å². The molecule has 0 bridgehead atoms. The minimum Gasteiger partial charge on any atom is -0.297 e. The Morgan fingerprint density at radius 3 is 2.60 bits per heavy atom. The molecule has 0 N–H and O–H groups in total. The Bertz CT molecular complexity index is 627. The quantitative estimate of drug-likeness (QED) is 0.768. The molecule has 0 saturated heterocycles. The van der Waals surface area contributed by atoms with Gasteiger partial charge in [0, 0.05) is 6.04 Å². The zero-order chi connectivity index (χ0) is 14.5. The Morgan fingerprint density at radius 2 is 1.95 bits per heavy atom. The maximum atomic E-state index is 14.4. The van der Waals surface area contributed by atoms with Gasteiger partial charge in [0.25, 0.3) is 6.08 Å². The summed E-state index contributed by atoms with van der Waals surface area (Å²) in [5.41, 5.74) is 1.78. The Balaban J connectivity index is 2.10. The van der Waals surface area contributed by atoms with Crippen LogP contribution in [0.15, 0.2) is 24.3 Å². The number of fused-ring (bicyclic) bond motifs is 1. The monoisotopic (exact) mass is 274 g/mol. The number of hydrogen-bond acceptors (Lipinski definition) is 1. The van der Waals surface area contributed by atoms with Gasteiger partial charge in [0.1, 0.15) is 0 Å². The van der Waals surface area contributed by atoms with Crippen LogP contribution in [0.2, 0.25) is 0 Å². The van der Waals surface area contributed by atoms with Gasteiger partial charge in [0.15, 0.2) is 0 Å². The van der Waals surface area contributed by atoms with E-state index in [1.807, 2.05) is 28.8 Å². The van der Waals surface area contributed by atoms with Crippen molar-refractivity contribution in [1.29, 1.82) is 0 Å². The SMILES string of the molecule is CC(C)C1CCC(n2c(F)nc3ccccc32)C1(C)C. The first-order valence-corrected chi connectivity index (χ1v) is 7.55. The molecular formula is C17H23FN2. The molecule has 1 fully saturated rings. The van der Waals surface area contributed by atoms with E-state index in [9.17, 15) is 4.39 Å². The fourth-order valence-corrected chi connectivity index (χ4v) is 4.29. The number of benzene rings is 1. The normalized spacial score (nSPS) is 25.7. The third-order valence-electron chi connectivity index (χ3n) is 5.23. The highest BCUT2D eigenvalue weighted by atomic mass is 19.1.